The van der Waals surface area contributed by atoms with Crippen LogP contribution in [0.4, 0.5) is 0 Å². The third-order valence-electron chi connectivity index (χ3n) is 2.00. The van der Waals surface area contributed by atoms with Crippen molar-refractivity contribution in [1.29, 1.82) is 0 Å². The molecule has 0 aliphatic carbocycles. The number of rotatable bonds is 1. The van der Waals surface area contributed by atoms with Gasteiger partial charge in [0.05, 0.1) is 5.69 Å². The molecule has 0 unspecified atom stereocenters. The first-order valence-corrected chi connectivity index (χ1v) is 4.96. The Hall–Kier alpha value is -1.48. The maximum Gasteiger partial charge on any atom is 0.223 e. The fourth-order valence-electron chi connectivity index (χ4n) is 1.38. The molecule has 2 aromatic heterocycles. The second kappa shape index (κ2) is 3.95. The van der Waals surface area contributed by atoms with Crippen molar-refractivity contribution in [1.82, 2.24) is 15.0 Å². The Kier molecular flexibility index (Phi) is 2.64. The summed E-state index contributed by atoms with van der Waals surface area (Å²) in [5.41, 5.74) is 3.72. The summed E-state index contributed by atoms with van der Waals surface area (Å²) in [4.78, 5) is 12.3. The monoisotopic (exact) mass is 219 g/mol. The minimum Gasteiger partial charge on any atom is -0.264 e. The van der Waals surface area contributed by atoms with E-state index in [0.717, 1.165) is 22.5 Å². The van der Waals surface area contributed by atoms with Crippen molar-refractivity contribution in [2.75, 3.05) is 0 Å². The summed E-state index contributed by atoms with van der Waals surface area (Å²) in [5.74, 6) is 0. The van der Waals surface area contributed by atoms with E-state index < -0.39 is 0 Å². The lowest BCUT2D eigenvalue weighted by atomic mass is 10.1. The van der Waals surface area contributed by atoms with Crippen LogP contribution in [0.25, 0.3) is 11.3 Å². The summed E-state index contributed by atoms with van der Waals surface area (Å²) < 4.78 is 0. The van der Waals surface area contributed by atoms with Crippen LogP contribution < -0.4 is 0 Å². The van der Waals surface area contributed by atoms with Crippen LogP contribution in [0.2, 0.25) is 5.28 Å². The molecular weight excluding hydrogens is 210 g/mol. The molecule has 2 rings (SSSR count). The Balaban J connectivity index is 2.54. The number of hydrogen-bond donors (Lipinski definition) is 0. The van der Waals surface area contributed by atoms with Crippen LogP contribution in [-0.2, 0) is 0 Å². The molecule has 15 heavy (non-hydrogen) atoms. The van der Waals surface area contributed by atoms with Crippen LogP contribution in [0.5, 0.6) is 0 Å². The van der Waals surface area contributed by atoms with Gasteiger partial charge in [0.25, 0.3) is 0 Å². The van der Waals surface area contributed by atoms with Crippen molar-refractivity contribution in [3.63, 3.8) is 0 Å². The lowest BCUT2D eigenvalue weighted by Crippen LogP contribution is -1.91. The normalized spacial score (nSPS) is 10.3. The molecule has 0 bridgehead atoms. The SMILES string of the molecule is Cc1cncc(-c2cc(C)nc(Cl)n2)c1. The van der Waals surface area contributed by atoms with Crippen LogP contribution in [-0.4, -0.2) is 15.0 Å². The molecule has 0 saturated carbocycles. The van der Waals surface area contributed by atoms with E-state index in [2.05, 4.69) is 15.0 Å². The maximum atomic E-state index is 5.80. The largest absolute Gasteiger partial charge is 0.264 e. The van der Waals surface area contributed by atoms with E-state index in [0.29, 0.717) is 0 Å². The van der Waals surface area contributed by atoms with Gasteiger partial charge < -0.3 is 0 Å². The van der Waals surface area contributed by atoms with Crippen LogP contribution in [0.15, 0.2) is 24.5 Å². The smallest absolute Gasteiger partial charge is 0.223 e. The quantitative estimate of drug-likeness (QED) is 0.693. The lowest BCUT2D eigenvalue weighted by Gasteiger charge is -2.02. The molecule has 0 atom stereocenters. The zero-order chi connectivity index (χ0) is 10.8. The number of hydrogen-bond acceptors (Lipinski definition) is 3. The summed E-state index contributed by atoms with van der Waals surface area (Å²) in [5, 5.41) is 0.270. The topological polar surface area (TPSA) is 38.7 Å². The Morgan fingerprint density at radius 3 is 2.53 bits per heavy atom. The van der Waals surface area contributed by atoms with Gasteiger partial charge in [-0.15, -0.1) is 0 Å². The van der Waals surface area contributed by atoms with Crippen LogP contribution >= 0.6 is 11.6 Å². The molecular formula is C11H10ClN3. The van der Waals surface area contributed by atoms with Gasteiger partial charge in [-0.1, -0.05) is 0 Å². The van der Waals surface area contributed by atoms with Gasteiger partial charge in [-0.2, -0.15) is 0 Å². The van der Waals surface area contributed by atoms with E-state index in [1.165, 1.54) is 0 Å². The Bertz CT molecular complexity index is 477. The van der Waals surface area contributed by atoms with Gasteiger partial charge in [0, 0.05) is 23.7 Å². The summed E-state index contributed by atoms with van der Waals surface area (Å²) in [6.07, 6.45) is 3.57. The molecule has 0 N–H and O–H groups in total. The summed E-state index contributed by atoms with van der Waals surface area (Å²) in [6.45, 7) is 3.88. The van der Waals surface area contributed by atoms with Crippen molar-refractivity contribution in [2.45, 2.75) is 13.8 Å². The van der Waals surface area contributed by atoms with E-state index in [-0.39, 0.29) is 5.28 Å². The molecule has 2 heterocycles. The molecule has 0 aliphatic heterocycles. The number of halogens is 1. The van der Waals surface area contributed by atoms with E-state index in [4.69, 9.17) is 11.6 Å². The van der Waals surface area contributed by atoms with Crippen molar-refractivity contribution in [2.24, 2.45) is 0 Å². The highest BCUT2D eigenvalue weighted by Gasteiger charge is 2.03. The van der Waals surface area contributed by atoms with E-state index in [9.17, 15) is 0 Å². The molecule has 0 fully saturated rings. The molecule has 0 saturated heterocycles. The Morgan fingerprint density at radius 1 is 1.07 bits per heavy atom. The van der Waals surface area contributed by atoms with Crippen molar-refractivity contribution in [3.05, 3.63) is 41.1 Å². The number of aromatic nitrogens is 3. The number of pyridine rings is 1. The highest BCUT2D eigenvalue weighted by atomic mass is 35.5. The molecule has 0 radical (unpaired) electrons. The fourth-order valence-corrected chi connectivity index (χ4v) is 1.60. The van der Waals surface area contributed by atoms with Crippen LogP contribution in [0.3, 0.4) is 0 Å². The molecule has 76 valence electrons. The van der Waals surface area contributed by atoms with Gasteiger partial charge in [-0.05, 0) is 43.1 Å². The zero-order valence-corrected chi connectivity index (χ0v) is 9.28. The van der Waals surface area contributed by atoms with Gasteiger partial charge in [0.1, 0.15) is 0 Å². The predicted octanol–water partition coefficient (Wildman–Crippen LogP) is 2.81. The maximum absolute atomic E-state index is 5.80. The van der Waals surface area contributed by atoms with Crippen molar-refractivity contribution >= 4 is 11.6 Å². The number of aryl methyl sites for hydroxylation is 2. The molecule has 4 heteroatoms. The average Bonchev–Trinajstić information content (AvgIpc) is 2.16. The predicted molar refractivity (Wildman–Crippen MR) is 59.7 cm³/mol. The fraction of sp³-hybridized carbons (Fsp3) is 0.182. The zero-order valence-electron chi connectivity index (χ0n) is 8.53. The van der Waals surface area contributed by atoms with Crippen molar-refractivity contribution < 1.29 is 0 Å². The van der Waals surface area contributed by atoms with Crippen LogP contribution in [0, 0.1) is 13.8 Å². The minimum atomic E-state index is 0.270. The van der Waals surface area contributed by atoms with Gasteiger partial charge in [-0.25, -0.2) is 9.97 Å². The van der Waals surface area contributed by atoms with Gasteiger partial charge in [0.2, 0.25) is 5.28 Å². The molecule has 0 spiro atoms. The van der Waals surface area contributed by atoms with Gasteiger partial charge >= 0.3 is 0 Å². The first kappa shape index (κ1) is 10.1. The summed E-state index contributed by atoms with van der Waals surface area (Å²) in [7, 11) is 0. The second-order valence-corrected chi connectivity index (χ2v) is 3.75. The highest BCUT2D eigenvalue weighted by molar-refractivity contribution is 6.28. The van der Waals surface area contributed by atoms with Crippen LogP contribution in [0.1, 0.15) is 11.3 Å². The first-order chi connectivity index (χ1) is 7.15. The van der Waals surface area contributed by atoms with Gasteiger partial charge in [0.15, 0.2) is 0 Å². The molecule has 0 amide bonds. The number of nitrogens with zero attached hydrogens (tertiary/aromatic N) is 3. The standard InChI is InChI=1S/C11H10ClN3/c1-7-3-9(6-13-5-7)10-4-8(2)14-11(12)15-10/h3-6H,1-2H3. The molecule has 0 aromatic carbocycles. The molecule has 0 aliphatic rings. The molecule has 3 nitrogen and oxygen atoms in total. The lowest BCUT2D eigenvalue weighted by molar-refractivity contribution is 1.10. The average molecular weight is 220 g/mol. The summed E-state index contributed by atoms with van der Waals surface area (Å²) >= 11 is 5.80. The van der Waals surface area contributed by atoms with E-state index >= 15 is 0 Å². The van der Waals surface area contributed by atoms with Crippen molar-refractivity contribution in [3.8, 4) is 11.3 Å². The second-order valence-electron chi connectivity index (χ2n) is 3.41. The minimum absolute atomic E-state index is 0.270. The van der Waals surface area contributed by atoms with E-state index in [1.54, 1.807) is 12.4 Å². The van der Waals surface area contributed by atoms with E-state index in [1.807, 2.05) is 26.0 Å². The van der Waals surface area contributed by atoms with Gasteiger partial charge in [-0.3, -0.25) is 4.98 Å². The molecule has 2 aromatic rings. The summed E-state index contributed by atoms with van der Waals surface area (Å²) in [6, 6.07) is 3.91. The Morgan fingerprint density at radius 2 is 1.87 bits per heavy atom. The first-order valence-electron chi connectivity index (χ1n) is 4.58. The third kappa shape index (κ3) is 2.30. The third-order valence-corrected chi connectivity index (χ3v) is 2.17. The highest BCUT2D eigenvalue weighted by Crippen LogP contribution is 2.18. The Labute approximate surface area is 93.2 Å².